The molecule has 8 heteroatoms. The van der Waals surface area contributed by atoms with Crippen LogP contribution >= 0.6 is 23.2 Å². The van der Waals surface area contributed by atoms with Gasteiger partial charge in [-0.05, 0) is 42.0 Å². The molecule has 162 valence electrons. The smallest absolute Gasteiger partial charge is 0.275 e. The Bertz CT molecular complexity index is 1250. The number of ether oxygens (including phenoxy) is 1. The molecule has 1 amide bonds. The number of hydrogen-bond acceptors (Lipinski definition) is 4. The summed E-state index contributed by atoms with van der Waals surface area (Å²) in [6, 6.07) is 21.3. The maximum absolute atomic E-state index is 12.9. The lowest BCUT2D eigenvalue weighted by molar-refractivity contribution is 0.0943. The minimum atomic E-state index is -0.515. The number of aromatic nitrogens is 2. The minimum Gasteiger partial charge on any atom is -0.504 e. The van der Waals surface area contributed by atoms with Crippen LogP contribution in [0.4, 0.5) is 0 Å². The average Bonchev–Trinajstić information content (AvgIpc) is 3.15. The number of carbonyl (C=O) groups excluding carboxylic acids is 1. The van der Waals surface area contributed by atoms with Gasteiger partial charge < -0.3 is 15.2 Å². The van der Waals surface area contributed by atoms with E-state index in [4.69, 9.17) is 27.9 Å². The molecule has 4 aromatic rings. The second kappa shape index (κ2) is 9.34. The molecule has 0 spiro atoms. The largest absolute Gasteiger partial charge is 0.504 e. The molecule has 3 aromatic carbocycles. The summed E-state index contributed by atoms with van der Waals surface area (Å²) in [7, 11) is 1.59. The van der Waals surface area contributed by atoms with Gasteiger partial charge >= 0.3 is 0 Å². The molecule has 0 aliphatic heterocycles. The Labute approximate surface area is 195 Å². The molecule has 0 saturated carbocycles. The number of para-hydroxylation sites is 1. The van der Waals surface area contributed by atoms with Crippen LogP contribution in [0, 0.1) is 0 Å². The van der Waals surface area contributed by atoms with Gasteiger partial charge in [-0.25, -0.2) is 4.68 Å². The van der Waals surface area contributed by atoms with Gasteiger partial charge in [-0.15, -0.1) is 0 Å². The first-order chi connectivity index (χ1) is 15.5. The summed E-state index contributed by atoms with van der Waals surface area (Å²) in [5.74, 6) is -0.0392. The zero-order valence-electron chi connectivity index (χ0n) is 17.0. The van der Waals surface area contributed by atoms with Crippen LogP contribution in [0.5, 0.6) is 11.5 Å². The fourth-order valence-electron chi connectivity index (χ4n) is 3.24. The lowest BCUT2D eigenvalue weighted by atomic mass is 10.1. The molecule has 1 heterocycles. The molecule has 0 fully saturated rings. The van der Waals surface area contributed by atoms with Crippen molar-refractivity contribution in [3.8, 4) is 28.4 Å². The van der Waals surface area contributed by atoms with Gasteiger partial charge in [0.05, 0.1) is 17.8 Å². The van der Waals surface area contributed by atoms with E-state index in [1.807, 2.05) is 24.3 Å². The zero-order chi connectivity index (χ0) is 22.7. The highest BCUT2D eigenvalue weighted by Gasteiger charge is 2.25. The first-order valence-electron chi connectivity index (χ1n) is 9.72. The highest BCUT2D eigenvalue weighted by molar-refractivity contribution is 6.32. The SMILES string of the molecule is COc1ccc(CNC(=O)c2nn(-c3ccccc3Cl)c(-c3ccc(Cl)cc3)c2O)cc1. The molecule has 0 saturated heterocycles. The molecule has 32 heavy (non-hydrogen) atoms. The van der Waals surface area contributed by atoms with Gasteiger partial charge in [-0.3, -0.25) is 4.79 Å². The van der Waals surface area contributed by atoms with Gasteiger partial charge in [0.1, 0.15) is 11.4 Å². The second-order valence-electron chi connectivity index (χ2n) is 6.95. The number of carbonyl (C=O) groups is 1. The van der Waals surface area contributed by atoms with Gasteiger partial charge in [0, 0.05) is 17.1 Å². The van der Waals surface area contributed by atoms with Gasteiger partial charge in [-0.1, -0.05) is 59.6 Å². The van der Waals surface area contributed by atoms with Gasteiger partial charge in [-0.2, -0.15) is 5.10 Å². The third-order valence-electron chi connectivity index (χ3n) is 4.89. The van der Waals surface area contributed by atoms with E-state index in [2.05, 4.69) is 10.4 Å². The van der Waals surface area contributed by atoms with E-state index < -0.39 is 5.91 Å². The topological polar surface area (TPSA) is 76.4 Å². The van der Waals surface area contributed by atoms with Crippen molar-refractivity contribution in [1.82, 2.24) is 15.1 Å². The quantitative estimate of drug-likeness (QED) is 0.393. The minimum absolute atomic E-state index is 0.108. The van der Waals surface area contributed by atoms with Crippen LogP contribution in [0.15, 0.2) is 72.8 Å². The zero-order valence-corrected chi connectivity index (χ0v) is 18.6. The molecule has 0 atom stereocenters. The summed E-state index contributed by atoms with van der Waals surface area (Å²) in [6.07, 6.45) is 0. The number of nitrogens with zero attached hydrogens (tertiary/aromatic N) is 2. The Balaban J connectivity index is 1.70. The van der Waals surface area contributed by atoms with E-state index in [0.717, 1.165) is 11.3 Å². The molecule has 0 bridgehead atoms. The standard InChI is InChI=1S/C24H19Cl2N3O3/c1-32-18-12-6-15(7-13-18)14-27-24(31)21-23(30)22(16-8-10-17(25)11-9-16)29(28-21)20-5-3-2-4-19(20)26/h2-13,30H,14H2,1H3,(H,27,31). The van der Waals surface area contributed by atoms with Crippen molar-refractivity contribution >= 4 is 29.1 Å². The molecular formula is C24H19Cl2N3O3. The summed E-state index contributed by atoms with van der Waals surface area (Å²) < 4.78 is 6.61. The predicted molar refractivity (Wildman–Crippen MR) is 125 cm³/mol. The van der Waals surface area contributed by atoms with Crippen LogP contribution in [0.25, 0.3) is 16.9 Å². The number of nitrogens with one attached hydrogen (secondary N) is 1. The molecule has 2 N–H and O–H groups in total. The van der Waals surface area contributed by atoms with Gasteiger partial charge in [0.2, 0.25) is 0 Å². The predicted octanol–water partition coefficient (Wildman–Crippen LogP) is 5.49. The summed E-state index contributed by atoms with van der Waals surface area (Å²) in [5.41, 5.74) is 2.27. The molecular weight excluding hydrogens is 449 g/mol. The van der Waals surface area contributed by atoms with Gasteiger partial charge in [0.25, 0.3) is 5.91 Å². The summed E-state index contributed by atoms with van der Waals surface area (Å²) in [6.45, 7) is 0.261. The summed E-state index contributed by atoms with van der Waals surface area (Å²) >= 11 is 12.4. The van der Waals surface area contributed by atoms with E-state index in [1.54, 1.807) is 55.6 Å². The maximum Gasteiger partial charge on any atom is 0.275 e. The third kappa shape index (κ3) is 4.42. The monoisotopic (exact) mass is 467 g/mol. The van der Waals surface area contributed by atoms with Crippen molar-refractivity contribution < 1.29 is 14.6 Å². The Morgan fingerprint density at radius 2 is 1.72 bits per heavy atom. The molecule has 1 aromatic heterocycles. The molecule has 0 aliphatic carbocycles. The Hall–Kier alpha value is -3.48. The molecule has 6 nitrogen and oxygen atoms in total. The number of methoxy groups -OCH3 is 1. The number of hydrogen-bond donors (Lipinski definition) is 2. The highest BCUT2D eigenvalue weighted by Crippen LogP contribution is 2.36. The highest BCUT2D eigenvalue weighted by atomic mass is 35.5. The number of aromatic hydroxyl groups is 1. The Kier molecular flexibility index (Phi) is 6.35. The number of halogens is 2. The lowest BCUT2D eigenvalue weighted by Gasteiger charge is -2.09. The normalized spacial score (nSPS) is 10.7. The van der Waals surface area contributed by atoms with Crippen LogP contribution < -0.4 is 10.1 Å². The van der Waals surface area contributed by atoms with Crippen molar-refractivity contribution in [1.29, 1.82) is 0 Å². The van der Waals surface area contributed by atoms with Crippen molar-refractivity contribution in [3.05, 3.63) is 94.1 Å². The first kappa shape index (κ1) is 21.7. The molecule has 4 rings (SSSR count). The molecule has 0 radical (unpaired) electrons. The number of amides is 1. The van der Waals surface area contributed by atoms with Crippen molar-refractivity contribution in [2.45, 2.75) is 6.54 Å². The number of benzene rings is 3. The van der Waals surface area contributed by atoms with E-state index in [9.17, 15) is 9.90 Å². The summed E-state index contributed by atoms with van der Waals surface area (Å²) in [4.78, 5) is 12.9. The maximum atomic E-state index is 12.9. The fraction of sp³-hybridized carbons (Fsp3) is 0.0833. The van der Waals surface area contributed by atoms with Crippen molar-refractivity contribution in [2.75, 3.05) is 7.11 Å². The third-order valence-corrected chi connectivity index (χ3v) is 5.46. The van der Waals surface area contributed by atoms with Crippen LogP contribution in [-0.2, 0) is 6.54 Å². The van der Waals surface area contributed by atoms with Crippen LogP contribution in [0.3, 0.4) is 0 Å². The number of rotatable bonds is 6. The van der Waals surface area contributed by atoms with Crippen LogP contribution in [0.2, 0.25) is 10.0 Å². The van der Waals surface area contributed by atoms with Crippen LogP contribution in [0.1, 0.15) is 16.1 Å². The molecule has 0 aliphatic rings. The van der Waals surface area contributed by atoms with E-state index in [-0.39, 0.29) is 18.0 Å². The Morgan fingerprint density at radius 3 is 2.38 bits per heavy atom. The molecule has 0 unspecified atom stereocenters. The second-order valence-corrected chi connectivity index (χ2v) is 7.79. The van der Waals surface area contributed by atoms with E-state index in [0.29, 0.717) is 27.0 Å². The van der Waals surface area contributed by atoms with E-state index >= 15 is 0 Å². The fourth-order valence-corrected chi connectivity index (χ4v) is 3.58. The average molecular weight is 468 g/mol. The van der Waals surface area contributed by atoms with Gasteiger partial charge in [0.15, 0.2) is 11.4 Å². The Morgan fingerprint density at radius 1 is 1.03 bits per heavy atom. The van der Waals surface area contributed by atoms with Crippen molar-refractivity contribution in [3.63, 3.8) is 0 Å². The lowest BCUT2D eigenvalue weighted by Crippen LogP contribution is -2.23. The summed E-state index contributed by atoms with van der Waals surface area (Å²) in [5, 5.41) is 19.1. The van der Waals surface area contributed by atoms with Crippen LogP contribution in [-0.4, -0.2) is 27.9 Å². The van der Waals surface area contributed by atoms with E-state index in [1.165, 1.54) is 4.68 Å². The van der Waals surface area contributed by atoms with Crippen molar-refractivity contribution in [2.24, 2.45) is 0 Å². The first-order valence-corrected chi connectivity index (χ1v) is 10.5.